The summed E-state index contributed by atoms with van der Waals surface area (Å²) in [7, 11) is 0. The van der Waals surface area contributed by atoms with E-state index in [0.717, 1.165) is 32.8 Å². The van der Waals surface area contributed by atoms with Crippen LogP contribution < -0.4 is 0 Å². The molecule has 0 aliphatic carbocycles. The highest BCUT2D eigenvalue weighted by atomic mass is 16.7. The van der Waals surface area contributed by atoms with Gasteiger partial charge in [0.15, 0.2) is 0 Å². The first-order chi connectivity index (χ1) is 5.41. The van der Waals surface area contributed by atoms with Gasteiger partial charge in [-0.05, 0) is 20.3 Å². The van der Waals surface area contributed by atoms with Crippen molar-refractivity contribution in [2.24, 2.45) is 0 Å². The van der Waals surface area contributed by atoms with E-state index in [4.69, 9.17) is 14.2 Å². The van der Waals surface area contributed by atoms with Crippen LogP contribution in [0.5, 0.6) is 0 Å². The Morgan fingerprint density at radius 2 is 1.64 bits per heavy atom. The number of ether oxygens (including phenoxy) is 3. The van der Waals surface area contributed by atoms with Crippen molar-refractivity contribution in [2.75, 3.05) is 33.2 Å². The minimum Gasteiger partial charge on any atom is -0.382 e. The first-order valence-corrected chi connectivity index (χ1v) is 4.15. The lowest BCUT2D eigenvalue weighted by Gasteiger charge is -2.09. The van der Waals surface area contributed by atoms with Gasteiger partial charge >= 0.3 is 0 Å². The lowest BCUT2D eigenvalue weighted by Crippen LogP contribution is -2.11. The molecule has 11 heavy (non-hydrogen) atoms. The second-order valence-corrected chi connectivity index (χ2v) is 2.07. The van der Waals surface area contributed by atoms with Gasteiger partial charge in [0.2, 0.25) is 0 Å². The summed E-state index contributed by atoms with van der Waals surface area (Å²) in [6.45, 7) is 7.92. The summed E-state index contributed by atoms with van der Waals surface area (Å²) >= 11 is 0. The summed E-state index contributed by atoms with van der Waals surface area (Å²) in [5.74, 6) is 0. The molecule has 1 aliphatic rings. The Morgan fingerprint density at radius 1 is 1.09 bits per heavy atom. The molecular weight excluding hydrogens is 144 g/mol. The van der Waals surface area contributed by atoms with E-state index in [1.165, 1.54) is 0 Å². The number of hydrogen-bond donors (Lipinski definition) is 0. The zero-order chi connectivity index (χ0) is 8.36. The molecule has 0 aromatic rings. The van der Waals surface area contributed by atoms with Crippen LogP contribution in [0, 0.1) is 0 Å². The van der Waals surface area contributed by atoms with E-state index in [1.807, 2.05) is 13.8 Å². The molecule has 0 radical (unpaired) electrons. The van der Waals surface area contributed by atoms with Gasteiger partial charge in [-0.25, -0.2) is 0 Å². The predicted molar refractivity (Wildman–Crippen MR) is 43.6 cm³/mol. The molecule has 3 heteroatoms. The Balaban J connectivity index is 0.000000187. The lowest BCUT2D eigenvalue weighted by atomic mass is 10.5. The molecule has 0 aromatic heterocycles. The van der Waals surface area contributed by atoms with E-state index in [1.54, 1.807) is 0 Å². The molecule has 0 unspecified atom stereocenters. The molecule has 1 fully saturated rings. The fraction of sp³-hybridized carbons (Fsp3) is 1.00. The maximum atomic E-state index is 4.85. The fourth-order valence-electron chi connectivity index (χ4n) is 0.644. The highest BCUT2D eigenvalue weighted by Crippen LogP contribution is 1.91. The molecule has 0 amide bonds. The van der Waals surface area contributed by atoms with Crippen LogP contribution in [0.2, 0.25) is 0 Å². The minimum absolute atomic E-state index is 0.500. The summed E-state index contributed by atoms with van der Waals surface area (Å²) < 4.78 is 14.5. The normalized spacial score (nSPS) is 16.9. The predicted octanol–water partition coefficient (Wildman–Crippen LogP) is 1.42. The van der Waals surface area contributed by atoms with E-state index < -0.39 is 0 Å². The molecule has 0 N–H and O–H groups in total. The summed E-state index contributed by atoms with van der Waals surface area (Å²) in [6.07, 6.45) is 1.06. The van der Waals surface area contributed by atoms with Gasteiger partial charge in [-0.1, -0.05) is 0 Å². The smallest absolute Gasteiger partial charge is 0.146 e. The van der Waals surface area contributed by atoms with Crippen LogP contribution in [-0.4, -0.2) is 33.2 Å². The first-order valence-electron chi connectivity index (χ1n) is 4.15. The van der Waals surface area contributed by atoms with Crippen molar-refractivity contribution in [1.29, 1.82) is 0 Å². The molecule has 0 spiro atoms. The van der Waals surface area contributed by atoms with Gasteiger partial charge in [0.25, 0.3) is 0 Å². The molecule has 68 valence electrons. The quantitative estimate of drug-likeness (QED) is 0.614. The molecule has 3 nitrogen and oxygen atoms in total. The molecule has 1 heterocycles. The van der Waals surface area contributed by atoms with E-state index in [9.17, 15) is 0 Å². The third-order valence-electron chi connectivity index (χ3n) is 1.15. The second-order valence-electron chi connectivity index (χ2n) is 2.07. The van der Waals surface area contributed by atoms with Gasteiger partial charge in [-0.2, -0.15) is 0 Å². The minimum atomic E-state index is 0.500. The van der Waals surface area contributed by atoms with Gasteiger partial charge in [0, 0.05) is 13.2 Å². The molecule has 0 atom stereocenters. The topological polar surface area (TPSA) is 27.7 Å². The van der Waals surface area contributed by atoms with Gasteiger partial charge < -0.3 is 14.2 Å². The summed E-state index contributed by atoms with van der Waals surface area (Å²) in [5, 5.41) is 0. The molecule has 1 aliphatic heterocycles. The summed E-state index contributed by atoms with van der Waals surface area (Å²) in [6, 6.07) is 0. The van der Waals surface area contributed by atoms with Crippen molar-refractivity contribution in [3.8, 4) is 0 Å². The second kappa shape index (κ2) is 9.88. The fourth-order valence-corrected chi connectivity index (χ4v) is 0.644. The molecule has 1 rings (SSSR count). The van der Waals surface area contributed by atoms with Gasteiger partial charge in [0.1, 0.15) is 6.79 Å². The van der Waals surface area contributed by atoms with Crippen molar-refractivity contribution in [1.82, 2.24) is 0 Å². The van der Waals surface area contributed by atoms with E-state index >= 15 is 0 Å². The van der Waals surface area contributed by atoms with E-state index in [2.05, 4.69) is 0 Å². The maximum Gasteiger partial charge on any atom is 0.146 e. The zero-order valence-electron chi connectivity index (χ0n) is 7.47. The highest BCUT2D eigenvalue weighted by molar-refractivity contribution is 4.34. The number of rotatable bonds is 2. The zero-order valence-corrected chi connectivity index (χ0v) is 7.47. The molecule has 0 aromatic carbocycles. The van der Waals surface area contributed by atoms with Gasteiger partial charge in [-0.3, -0.25) is 0 Å². The van der Waals surface area contributed by atoms with Crippen molar-refractivity contribution in [2.45, 2.75) is 20.3 Å². The van der Waals surface area contributed by atoms with E-state index in [-0.39, 0.29) is 0 Å². The molecular formula is C8H18O3. The maximum absolute atomic E-state index is 4.85. The Kier molecular flexibility index (Phi) is 9.77. The van der Waals surface area contributed by atoms with Crippen LogP contribution in [-0.2, 0) is 14.2 Å². The van der Waals surface area contributed by atoms with Crippen LogP contribution >= 0.6 is 0 Å². The van der Waals surface area contributed by atoms with Crippen LogP contribution in [0.15, 0.2) is 0 Å². The van der Waals surface area contributed by atoms with Gasteiger partial charge in [0.05, 0.1) is 13.2 Å². The van der Waals surface area contributed by atoms with Crippen LogP contribution in [0.3, 0.4) is 0 Å². The molecule has 1 saturated heterocycles. The highest BCUT2D eigenvalue weighted by Gasteiger charge is 1.94. The Hall–Kier alpha value is -0.120. The van der Waals surface area contributed by atoms with Gasteiger partial charge in [-0.15, -0.1) is 0 Å². The average molecular weight is 162 g/mol. The standard InChI is InChI=1S/C4H8O2.C4H10O/c1-2-5-4-6-3-1;1-3-5-4-2/h1-4H2;3-4H2,1-2H3. The third-order valence-corrected chi connectivity index (χ3v) is 1.15. The summed E-state index contributed by atoms with van der Waals surface area (Å²) in [4.78, 5) is 0. The van der Waals surface area contributed by atoms with Crippen LogP contribution in [0.1, 0.15) is 20.3 Å². The monoisotopic (exact) mass is 162 g/mol. The third kappa shape index (κ3) is 9.88. The van der Waals surface area contributed by atoms with Crippen molar-refractivity contribution >= 4 is 0 Å². The first kappa shape index (κ1) is 10.9. The Labute approximate surface area is 68.6 Å². The Bertz CT molecular complexity index is 48.8. The van der Waals surface area contributed by atoms with Crippen LogP contribution in [0.25, 0.3) is 0 Å². The molecule has 0 saturated carbocycles. The van der Waals surface area contributed by atoms with Crippen molar-refractivity contribution in [3.05, 3.63) is 0 Å². The molecule has 0 bridgehead atoms. The average Bonchev–Trinajstić information content (AvgIpc) is 2.10. The van der Waals surface area contributed by atoms with Crippen molar-refractivity contribution in [3.63, 3.8) is 0 Å². The SMILES string of the molecule is C1COCOC1.CCOCC. The lowest BCUT2D eigenvalue weighted by molar-refractivity contribution is -0.0963. The summed E-state index contributed by atoms with van der Waals surface area (Å²) in [5.41, 5.74) is 0. The Morgan fingerprint density at radius 3 is 1.73 bits per heavy atom. The van der Waals surface area contributed by atoms with E-state index in [0.29, 0.717) is 6.79 Å². The van der Waals surface area contributed by atoms with Crippen LogP contribution in [0.4, 0.5) is 0 Å². The number of hydrogen-bond acceptors (Lipinski definition) is 3. The largest absolute Gasteiger partial charge is 0.382 e. The van der Waals surface area contributed by atoms with Crippen molar-refractivity contribution < 1.29 is 14.2 Å².